The van der Waals surface area contributed by atoms with Gasteiger partial charge in [-0.2, -0.15) is 18.2 Å². The van der Waals surface area contributed by atoms with E-state index in [4.69, 9.17) is 5.11 Å². The van der Waals surface area contributed by atoms with Crippen molar-refractivity contribution in [3.8, 4) is 0 Å². The van der Waals surface area contributed by atoms with Gasteiger partial charge in [0.2, 0.25) is 0 Å². The van der Waals surface area contributed by atoms with E-state index in [1.807, 2.05) is 30.3 Å². The summed E-state index contributed by atoms with van der Waals surface area (Å²) in [5.74, 6) is 0. The topological polar surface area (TPSA) is 20.2 Å². The van der Waals surface area contributed by atoms with Crippen LogP contribution in [-0.4, -0.2) is 25.8 Å². The second-order valence-electron chi connectivity index (χ2n) is 1.07. The number of rotatable bonds is 0. The van der Waals surface area contributed by atoms with Crippen LogP contribution in [0, 0.1) is 0 Å². The van der Waals surface area contributed by atoms with Gasteiger partial charge in [0.25, 0.3) is 0 Å². The van der Waals surface area contributed by atoms with Gasteiger partial charge in [0.1, 0.15) is 0 Å². The SMILES string of the molecule is OC=[Se].[Fe].c1cc[cH-]c1. The van der Waals surface area contributed by atoms with E-state index < -0.39 is 0 Å². The van der Waals surface area contributed by atoms with Gasteiger partial charge in [0, 0.05) is 17.1 Å². The first kappa shape index (κ1) is 11.8. The molecule has 0 amide bonds. The molecule has 0 saturated carbocycles. The van der Waals surface area contributed by atoms with E-state index in [0.29, 0.717) is 0 Å². The van der Waals surface area contributed by atoms with E-state index >= 15 is 0 Å². The van der Waals surface area contributed by atoms with Gasteiger partial charge in [0.05, 0.1) is 0 Å². The molecule has 1 aromatic rings. The molecule has 0 unspecified atom stereocenters. The molecule has 1 rings (SSSR count). The Balaban J connectivity index is 0. The third-order valence-electron chi connectivity index (χ3n) is 0.556. The van der Waals surface area contributed by atoms with Crippen LogP contribution in [0.25, 0.3) is 0 Å². The zero-order valence-corrected chi connectivity index (χ0v) is 7.49. The molecule has 0 atom stereocenters. The average molecular weight is 230 g/mol. The molecule has 3 heteroatoms. The van der Waals surface area contributed by atoms with E-state index in [-0.39, 0.29) is 17.1 Å². The first-order valence-corrected chi connectivity index (χ1v) is 3.15. The van der Waals surface area contributed by atoms with E-state index in [9.17, 15) is 0 Å². The van der Waals surface area contributed by atoms with Crippen LogP contribution in [0.3, 0.4) is 0 Å². The molecule has 0 aliphatic rings. The van der Waals surface area contributed by atoms with Crippen LogP contribution >= 0.6 is 0 Å². The summed E-state index contributed by atoms with van der Waals surface area (Å²) in [5.41, 5.74) is 0. The van der Waals surface area contributed by atoms with E-state index in [1.165, 1.54) is 0 Å². The zero-order chi connectivity index (χ0) is 6.24. The monoisotopic (exact) mass is 231 g/mol. The standard InChI is InChI=1S/C5H5.CH2OSe.Fe/c1-2-4-5-3-1;2-1-3;/h1-5H;1H,(H,2,3);/q-1;;. The van der Waals surface area contributed by atoms with Crippen LogP contribution in [0.5, 0.6) is 0 Å². The maximum Gasteiger partial charge on any atom is 0 e. The molecular formula is C6H7FeOSe-. The quantitative estimate of drug-likeness (QED) is 0.513. The van der Waals surface area contributed by atoms with Crippen LogP contribution in [0.2, 0.25) is 0 Å². The van der Waals surface area contributed by atoms with Gasteiger partial charge in [-0.05, 0) is 0 Å². The molecule has 9 heavy (non-hydrogen) atoms. The second-order valence-corrected chi connectivity index (χ2v) is 1.51. The van der Waals surface area contributed by atoms with Gasteiger partial charge in [0.15, 0.2) is 0 Å². The van der Waals surface area contributed by atoms with Crippen LogP contribution in [-0.2, 0) is 17.1 Å². The smallest absolute Gasteiger partial charge is 0 e. The fourth-order valence-corrected chi connectivity index (χ4v) is 0.321. The summed E-state index contributed by atoms with van der Waals surface area (Å²) in [5, 5.41) is 8.26. The van der Waals surface area contributed by atoms with Crippen molar-refractivity contribution in [3.05, 3.63) is 30.3 Å². The van der Waals surface area contributed by atoms with Gasteiger partial charge in [-0.3, -0.25) is 0 Å². The Morgan fingerprint density at radius 1 is 1.33 bits per heavy atom. The summed E-state index contributed by atoms with van der Waals surface area (Å²) >= 11 is 2.24. The molecule has 0 aromatic heterocycles. The van der Waals surface area contributed by atoms with Gasteiger partial charge in [-0.15, -0.1) is 0 Å². The Bertz CT molecular complexity index is 99.4. The molecular weight excluding hydrogens is 223 g/mol. The molecule has 0 spiro atoms. The van der Waals surface area contributed by atoms with Gasteiger partial charge >= 0.3 is 25.8 Å². The Morgan fingerprint density at radius 3 is 1.78 bits per heavy atom. The molecule has 0 aliphatic heterocycles. The number of aliphatic hydroxyl groups excluding tert-OH is 1. The summed E-state index contributed by atoms with van der Waals surface area (Å²) < 4.78 is 0. The summed E-state index contributed by atoms with van der Waals surface area (Å²) in [4.78, 5) is 0. The number of aliphatic hydroxyl groups is 1. The van der Waals surface area contributed by atoms with E-state index in [1.54, 1.807) is 0 Å². The molecule has 0 bridgehead atoms. The van der Waals surface area contributed by atoms with Crippen molar-refractivity contribution < 1.29 is 22.2 Å². The predicted molar refractivity (Wildman–Crippen MR) is 35.8 cm³/mol. The molecule has 0 fully saturated rings. The largest absolute Gasteiger partial charge is 0.214 e. The molecule has 52 valence electrons. The van der Waals surface area contributed by atoms with Crippen molar-refractivity contribution in [2.24, 2.45) is 0 Å². The fraction of sp³-hybridized carbons (Fsp3) is 0. The van der Waals surface area contributed by atoms with Gasteiger partial charge in [-0.1, -0.05) is 0 Å². The summed E-state index contributed by atoms with van der Waals surface area (Å²) in [7, 11) is 0. The molecule has 1 N–H and O–H groups in total. The molecule has 1 nitrogen and oxygen atoms in total. The van der Waals surface area contributed by atoms with Crippen LogP contribution < -0.4 is 0 Å². The Morgan fingerprint density at radius 2 is 1.67 bits per heavy atom. The van der Waals surface area contributed by atoms with Crippen molar-refractivity contribution in [1.29, 1.82) is 0 Å². The minimum Gasteiger partial charge on any atom is -0.214 e. The van der Waals surface area contributed by atoms with Crippen molar-refractivity contribution in [2.75, 3.05) is 0 Å². The first-order valence-electron chi connectivity index (χ1n) is 2.16. The maximum atomic E-state index is 7.39. The molecule has 1 aromatic carbocycles. The van der Waals surface area contributed by atoms with Crippen molar-refractivity contribution >= 4 is 20.7 Å². The third-order valence-corrected chi connectivity index (χ3v) is 0.556. The van der Waals surface area contributed by atoms with Crippen molar-refractivity contribution in [1.82, 2.24) is 0 Å². The minimum absolute atomic E-state index is 0. The molecule has 0 aliphatic carbocycles. The van der Waals surface area contributed by atoms with Gasteiger partial charge < -0.3 is 0 Å². The molecule has 0 radical (unpaired) electrons. The van der Waals surface area contributed by atoms with E-state index in [2.05, 4.69) is 15.6 Å². The number of hydrogen-bond acceptors (Lipinski definition) is 1. The predicted octanol–water partition coefficient (Wildman–Crippen LogP) is 0.690. The molecule has 0 heterocycles. The van der Waals surface area contributed by atoms with Gasteiger partial charge in [-0.25, -0.2) is 12.1 Å². The summed E-state index contributed by atoms with van der Waals surface area (Å²) in [6.07, 6.45) is 0. The van der Waals surface area contributed by atoms with Crippen molar-refractivity contribution in [3.63, 3.8) is 0 Å². The second kappa shape index (κ2) is 10.9. The number of hydrogen-bond donors (Lipinski definition) is 1. The first-order chi connectivity index (χ1) is 3.91. The van der Waals surface area contributed by atoms with Crippen LogP contribution in [0.15, 0.2) is 30.3 Å². The maximum absolute atomic E-state index is 7.39. The average Bonchev–Trinajstić information content (AvgIpc) is 2.17. The summed E-state index contributed by atoms with van der Waals surface area (Å²) in [6.45, 7) is 0. The Kier molecular flexibility index (Phi) is 14.4. The minimum atomic E-state index is 0. The van der Waals surface area contributed by atoms with Crippen LogP contribution in [0.1, 0.15) is 0 Å². The normalized spacial score (nSPS) is 5.78. The Labute approximate surface area is 73.3 Å². The third kappa shape index (κ3) is 11.6. The fourth-order valence-electron chi connectivity index (χ4n) is 0.321. The Hall–Kier alpha value is 0.0590. The summed E-state index contributed by atoms with van der Waals surface area (Å²) in [6, 6.07) is 10.0. The van der Waals surface area contributed by atoms with E-state index in [0.717, 1.165) is 5.11 Å². The zero-order valence-electron chi connectivity index (χ0n) is 4.67. The van der Waals surface area contributed by atoms with Crippen molar-refractivity contribution in [2.45, 2.75) is 0 Å². The van der Waals surface area contributed by atoms with Crippen LogP contribution in [0.4, 0.5) is 0 Å². The molecule has 0 saturated heterocycles.